The number of hydrogen-bond donors (Lipinski definition) is 0. The second-order valence-corrected chi connectivity index (χ2v) is 42.3. The van der Waals surface area contributed by atoms with Gasteiger partial charge in [0.1, 0.15) is 28.2 Å². The van der Waals surface area contributed by atoms with Crippen LogP contribution in [0.2, 0.25) is 39.3 Å². The van der Waals surface area contributed by atoms with Crippen molar-refractivity contribution in [3.63, 3.8) is 0 Å². The topological polar surface area (TPSA) is 15.5 Å². The van der Waals surface area contributed by atoms with Crippen molar-refractivity contribution in [2.24, 2.45) is 33.6 Å². The molecule has 0 fully saturated rings. The lowest BCUT2D eigenvalue weighted by atomic mass is 9.87. The van der Waals surface area contributed by atoms with Gasteiger partial charge in [-0.2, -0.15) is 0 Å². The van der Waals surface area contributed by atoms with Crippen LogP contribution < -0.4 is 28.6 Å². The van der Waals surface area contributed by atoms with E-state index in [9.17, 15) is 0 Å². The van der Waals surface area contributed by atoms with Crippen molar-refractivity contribution in [1.82, 2.24) is 0 Å². The van der Waals surface area contributed by atoms with Gasteiger partial charge < -0.3 is 0 Å². The van der Waals surface area contributed by atoms with Gasteiger partial charge in [0.2, 0.25) is 22.8 Å². The summed E-state index contributed by atoms with van der Waals surface area (Å²) in [7, 11) is 4.59. The van der Waals surface area contributed by atoms with Crippen molar-refractivity contribution in [2.75, 3.05) is 0 Å². The minimum Gasteiger partial charge on any atom is -0.201 e. The molecule has 0 aliphatic carbocycles. The van der Waals surface area contributed by atoms with Gasteiger partial charge in [0.25, 0.3) is 0 Å². The number of benzene rings is 8. The Morgan fingerprint density at radius 1 is 0.286 bits per heavy atom. The summed E-state index contributed by atoms with van der Waals surface area (Å²) in [4.78, 5) is 0. The first-order valence-corrected chi connectivity index (χ1v) is 43.4. The number of nitrogens with zero attached hydrogens (tertiary/aromatic N) is 4. The summed E-state index contributed by atoms with van der Waals surface area (Å²) < 4.78 is 146. The molecular weight excluding hydrogens is 1300 g/mol. The lowest BCUT2D eigenvalue weighted by molar-refractivity contribution is -0.660. The van der Waals surface area contributed by atoms with Crippen LogP contribution in [0.3, 0.4) is 0 Å². The molecule has 4 nitrogen and oxygen atoms in total. The molecule has 0 radical (unpaired) electrons. The fourth-order valence-corrected chi connectivity index (χ4v) is 17.0. The monoisotopic (exact) mass is 1440 g/mol. The van der Waals surface area contributed by atoms with E-state index in [1.165, 1.54) is 16.3 Å². The zero-order valence-corrected chi connectivity index (χ0v) is 68.8. The molecule has 105 heavy (non-hydrogen) atoms. The molecule has 0 N–H and O–H groups in total. The SMILES string of the molecule is [2H]C([2H])([2H])c1c[n+](C)c(-c2cc(-c3ccc(C)cc3)c(C([2H])([2H])[2H])cc2C)cc1C.[2H]C([2H])([2H])c1cc(C)c(-c2cc(C([2H])([2H])C(C)(C)C)c([Si](C)(C)C)c[n+]2C)cc1-c1ccc(C)cc1.[2H]C([2H])([2H])c1cc(C)c(-c2cc(C)c([Si](C)(C)C)c[n+]2C)cc1-c1ccc(C)cc1.[2H]C([2H])([2H])c1cc(C)c(-c2cc(C)cc[n+]2C)cc1-c1ccc(C)cc1. The molecule has 6 heteroatoms. The first-order chi connectivity index (χ1) is 56.0. The summed E-state index contributed by atoms with van der Waals surface area (Å²) in [5.41, 5.74) is 27.5. The summed E-state index contributed by atoms with van der Waals surface area (Å²) in [5, 5.41) is 2.55. The fraction of sp³-hybridized carbons (Fsp3) is 0.313. The van der Waals surface area contributed by atoms with Crippen molar-refractivity contribution in [3.8, 4) is 89.5 Å². The summed E-state index contributed by atoms with van der Waals surface area (Å²) in [5.74, 6) is 0. The highest BCUT2D eigenvalue weighted by atomic mass is 28.3. The summed E-state index contributed by atoms with van der Waals surface area (Å²) in [6.45, 7) is 30.6. The van der Waals surface area contributed by atoms with Crippen molar-refractivity contribution < 1.29 is 41.6 Å². The van der Waals surface area contributed by atoms with Gasteiger partial charge in [0.15, 0.2) is 24.8 Å². The van der Waals surface area contributed by atoms with Crippen LogP contribution in [0.4, 0.5) is 0 Å². The van der Waals surface area contributed by atoms with E-state index in [-0.39, 0.29) is 0 Å². The van der Waals surface area contributed by atoms with Gasteiger partial charge in [-0.1, -0.05) is 204 Å². The molecular formula is C99H122N4Si2+4. The molecule has 8 aromatic carbocycles. The van der Waals surface area contributed by atoms with Gasteiger partial charge in [0, 0.05) is 91.8 Å². The Balaban J connectivity index is 0.000000186. The Labute approximate surface area is 660 Å². The molecule has 0 unspecified atom stereocenters. The van der Waals surface area contributed by atoms with Gasteiger partial charge in [-0.15, -0.1) is 0 Å². The Hall–Kier alpha value is -9.21. The van der Waals surface area contributed by atoms with Crippen molar-refractivity contribution >= 4 is 26.5 Å². The van der Waals surface area contributed by atoms with Crippen molar-refractivity contribution in [3.05, 3.63) is 295 Å². The Morgan fingerprint density at radius 3 is 0.895 bits per heavy atom. The largest absolute Gasteiger partial charge is 0.212 e. The van der Waals surface area contributed by atoms with Crippen LogP contribution in [0, 0.1) is 116 Å². The number of aryl methyl sites for hydroxylation is 20. The second kappa shape index (κ2) is 32.7. The van der Waals surface area contributed by atoms with Crippen LogP contribution in [0.1, 0.15) is 139 Å². The van der Waals surface area contributed by atoms with Crippen molar-refractivity contribution in [2.45, 2.75) is 177 Å². The second-order valence-electron chi connectivity index (χ2n) is 32.2. The first kappa shape index (κ1) is 59.0. The highest BCUT2D eigenvalue weighted by Gasteiger charge is 2.30. The van der Waals surface area contributed by atoms with Crippen molar-refractivity contribution in [1.29, 1.82) is 0 Å². The molecule has 0 aliphatic rings. The van der Waals surface area contributed by atoms with E-state index in [4.69, 9.17) is 23.3 Å². The highest BCUT2D eigenvalue weighted by Crippen LogP contribution is 2.37. The van der Waals surface area contributed by atoms with Gasteiger partial charge in [-0.25, -0.2) is 18.3 Å². The smallest absolute Gasteiger partial charge is 0.201 e. The molecule has 12 rings (SSSR count). The molecule has 0 saturated heterocycles. The third-order valence-corrected chi connectivity index (χ3v) is 23.8. The predicted octanol–water partition coefficient (Wildman–Crippen LogP) is 23.0. The van der Waals surface area contributed by atoms with Crippen LogP contribution in [-0.4, -0.2) is 16.1 Å². The maximum atomic E-state index is 9.14. The summed E-state index contributed by atoms with van der Waals surface area (Å²) in [6, 6.07) is 57.3. The fourth-order valence-electron chi connectivity index (χ4n) is 13.6. The van der Waals surface area contributed by atoms with E-state index in [2.05, 4.69) is 111 Å². The third kappa shape index (κ3) is 19.5. The predicted molar refractivity (Wildman–Crippen MR) is 459 cm³/mol. The number of rotatable bonds is 11. The maximum Gasteiger partial charge on any atom is 0.212 e. The minimum atomic E-state index is -2.25. The van der Waals surface area contributed by atoms with E-state index >= 15 is 0 Å². The zero-order valence-electron chi connectivity index (χ0n) is 83.8. The highest BCUT2D eigenvalue weighted by molar-refractivity contribution is 6.89. The van der Waals surface area contributed by atoms with E-state index in [1.54, 1.807) is 29.8 Å². The Morgan fingerprint density at radius 2 is 0.581 bits per heavy atom. The molecule has 0 saturated carbocycles. The average Bonchev–Trinajstić information content (AvgIpc) is 0.740. The molecule has 4 heterocycles. The van der Waals surface area contributed by atoms with Gasteiger partial charge in [-0.3, -0.25) is 0 Å². The molecule has 542 valence electrons. The number of aromatic nitrogens is 4. The summed E-state index contributed by atoms with van der Waals surface area (Å²) >= 11 is 0. The van der Waals surface area contributed by atoms with Crippen LogP contribution in [0.5, 0.6) is 0 Å². The minimum absolute atomic E-state index is 0.310. The standard InChI is InChI=1S/C29H40NSi.C25H32NSi.C23H26N.C22H24N/c1-20-11-13-23(14-12-20)25-17-26(22(3)15-21(25)2)27-16-24(18-29(4,5)6)28(19-30(27)7)31(8,9)10;1-17-9-11-21(12-10-17)22-15-23(19(3)13-18(22)2)24-14-20(4)25(16-26(24)5)27(6,7)8;1-15-7-9-20(10-8-15)21-13-22(18(4)11-17(21)3)23-12-16(2)19(5)14-24(23)6;1-15-6-8-19(9-7-15)20-14-21(18(4)13-17(20)3)22-12-16(2)10-11-23(22)5/h11-17,19H,18H2,1-10H3;9-16H,1-8H3;7-14H,1-6H3;6-14H,1-5H3/q4*+1/i2D3,18D2;2D3;3D3,5D3;3D3. The Kier molecular flexibility index (Phi) is 18.3. The molecule has 0 amide bonds. The van der Waals surface area contributed by atoms with E-state index in [0.717, 1.165) is 134 Å². The van der Waals surface area contributed by atoms with Gasteiger partial charge >= 0.3 is 0 Å². The van der Waals surface area contributed by atoms with E-state index in [0.29, 0.717) is 44.5 Å². The normalized spacial score (nSPS) is 14.6. The molecule has 0 atom stereocenters. The van der Waals surface area contributed by atoms with Gasteiger partial charge in [-0.05, 0) is 258 Å². The molecule has 4 aromatic heterocycles. The molecule has 0 aliphatic heterocycles. The number of hydrogen-bond acceptors (Lipinski definition) is 0. The van der Waals surface area contributed by atoms with Crippen LogP contribution in [-0.2, 0) is 34.6 Å². The zero-order chi connectivity index (χ0) is 91.4. The molecule has 0 spiro atoms. The molecule has 0 bridgehead atoms. The van der Waals surface area contributed by atoms with Crippen LogP contribution >= 0.6 is 0 Å². The van der Waals surface area contributed by atoms with E-state index < -0.39 is 62.2 Å². The quantitative estimate of drug-likeness (QED) is 0.0906. The third-order valence-electron chi connectivity index (χ3n) is 19.7. The Bertz CT molecular complexity index is 5680. The van der Waals surface area contributed by atoms with Gasteiger partial charge in [0.05, 0.1) is 16.1 Å². The van der Waals surface area contributed by atoms with Crippen LogP contribution in [0.25, 0.3) is 89.5 Å². The maximum absolute atomic E-state index is 9.14. The van der Waals surface area contributed by atoms with Crippen LogP contribution in [0.15, 0.2) is 201 Å². The number of pyridine rings is 4. The molecule has 12 aromatic rings. The first-order valence-electron chi connectivity index (χ1n) is 44.9. The van der Waals surface area contributed by atoms with E-state index in [1.807, 2.05) is 243 Å². The lowest BCUT2D eigenvalue weighted by Crippen LogP contribution is -2.47. The lowest BCUT2D eigenvalue weighted by Gasteiger charge is -2.25. The summed E-state index contributed by atoms with van der Waals surface area (Å²) in [6.07, 6.45) is 6.49. The average molecular weight is 1440 g/mol.